The first-order valence-electron chi connectivity index (χ1n) is 6.68. The van der Waals surface area contributed by atoms with Crippen LogP contribution in [0.25, 0.3) is 0 Å². The van der Waals surface area contributed by atoms with E-state index < -0.39 is 0 Å². The molecule has 0 bridgehead atoms. The maximum absolute atomic E-state index is 11.1. The maximum Gasteiger partial charge on any atom is 0.292 e. The highest BCUT2D eigenvalue weighted by Gasteiger charge is 2.14. The van der Waals surface area contributed by atoms with E-state index in [1.165, 1.54) is 0 Å². The lowest BCUT2D eigenvalue weighted by Crippen LogP contribution is -2.17. The normalized spacial score (nSPS) is 10.9. The van der Waals surface area contributed by atoms with Gasteiger partial charge in [-0.3, -0.25) is 15.0 Å². The van der Waals surface area contributed by atoms with Crippen LogP contribution in [0.15, 0.2) is 34.9 Å². The third kappa shape index (κ3) is 3.61. The lowest BCUT2D eigenvalue weighted by Gasteiger charge is -2.16. The Hall–Kier alpha value is -2.34. The average molecular weight is 289 g/mol. The van der Waals surface area contributed by atoms with Crippen molar-refractivity contribution in [2.45, 2.75) is 20.0 Å². The summed E-state index contributed by atoms with van der Waals surface area (Å²) in [4.78, 5) is 12.8. The number of aryl methyl sites for hydroxylation is 1. The lowest BCUT2D eigenvalue weighted by atomic mass is 10.1. The zero-order chi connectivity index (χ0) is 15.4. The van der Waals surface area contributed by atoms with Crippen LogP contribution in [-0.2, 0) is 13.1 Å². The molecule has 1 aromatic carbocycles. The number of nitrogens with one attached hydrogen (secondary N) is 1. The zero-order valence-electron chi connectivity index (χ0n) is 12.4. The van der Waals surface area contributed by atoms with Crippen molar-refractivity contribution in [2.75, 3.05) is 19.4 Å². The molecule has 0 saturated heterocycles. The minimum Gasteiger partial charge on any atom is -0.469 e. The van der Waals surface area contributed by atoms with Crippen molar-refractivity contribution in [3.63, 3.8) is 0 Å². The molecule has 112 valence electrons. The Kier molecular flexibility index (Phi) is 4.59. The minimum atomic E-state index is -0.366. The Morgan fingerprint density at radius 3 is 2.67 bits per heavy atom. The molecule has 0 radical (unpaired) electrons. The highest BCUT2D eigenvalue weighted by atomic mass is 16.6. The standard InChI is InChI=1S/C15H19N3O3/c1-11-13(6-7-21-11)10-17(3)9-12-4-5-14(16-2)15(8-12)18(19)20/h4-8,16H,9-10H2,1-3H3. The van der Waals surface area contributed by atoms with Crippen LogP contribution in [0, 0.1) is 17.0 Å². The molecule has 6 nitrogen and oxygen atoms in total. The molecule has 1 N–H and O–H groups in total. The second-order valence-corrected chi connectivity index (χ2v) is 5.03. The molecule has 0 unspecified atom stereocenters. The van der Waals surface area contributed by atoms with Crippen LogP contribution in [0.5, 0.6) is 0 Å². The highest BCUT2D eigenvalue weighted by Crippen LogP contribution is 2.25. The molecule has 0 amide bonds. The highest BCUT2D eigenvalue weighted by molar-refractivity contribution is 5.62. The molecule has 1 heterocycles. The number of nitro benzene ring substituents is 1. The Morgan fingerprint density at radius 1 is 1.33 bits per heavy atom. The fraction of sp³-hybridized carbons (Fsp3) is 0.333. The lowest BCUT2D eigenvalue weighted by molar-refractivity contribution is -0.384. The summed E-state index contributed by atoms with van der Waals surface area (Å²) in [7, 11) is 3.65. The molecule has 1 aromatic heterocycles. The molecule has 6 heteroatoms. The molecule has 0 aliphatic rings. The monoisotopic (exact) mass is 289 g/mol. The van der Waals surface area contributed by atoms with Gasteiger partial charge in [0.15, 0.2) is 0 Å². The van der Waals surface area contributed by atoms with Crippen LogP contribution < -0.4 is 5.32 Å². The summed E-state index contributed by atoms with van der Waals surface area (Å²) in [6, 6.07) is 7.20. The van der Waals surface area contributed by atoms with Gasteiger partial charge in [0.05, 0.1) is 11.2 Å². The van der Waals surface area contributed by atoms with E-state index in [1.54, 1.807) is 25.4 Å². The van der Waals surface area contributed by atoms with Crippen LogP contribution in [0.1, 0.15) is 16.9 Å². The van der Waals surface area contributed by atoms with Gasteiger partial charge >= 0.3 is 0 Å². The van der Waals surface area contributed by atoms with Gasteiger partial charge in [-0.1, -0.05) is 6.07 Å². The van der Waals surface area contributed by atoms with Gasteiger partial charge in [-0.25, -0.2) is 0 Å². The van der Waals surface area contributed by atoms with Gasteiger partial charge in [0.25, 0.3) is 5.69 Å². The van der Waals surface area contributed by atoms with E-state index in [0.717, 1.165) is 23.4 Å². The van der Waals surface area contributed by atoms with E-state index in [1.807, 2.05) is 26.1 Å². The van der Waals surface area contributed by atoms with Gasteiger partial charge in [-0.2, -0.15) is 0 Å². The SMILES string of the molecule is CNc1ccc(CN(C)Cc2ccoc2C)cc1[N+](=O)[O-]. The summed E-state index contributed by atoms with van der Waals surface area (Å²) in [5.74, 6) is 0.901. The van der Waals surface area contributed by atoms with E-state index in [4.69, 9.17) is 4.42 Å². The Labute approximate surface area is 123 Å². The van der Waals surface area contributed by atoms with E-state index >= 15 is 0 Å². The summed E-state index contributed by atoms with van der Waals surface area (Å²) in [5.41, 5.74) is 2.66. The quantitative estimate of drug-likeness (QED) is 0.653. The summed E-state index contributed by atoms with van der Waals surface area (Å²) >= 11 is 0. The van der Waals surface area contributed by atoms with Gasteiger partial charge in [0, 0.05) is 31.8 Å². The second kappa shape index (κ2) is 6.41. The van der Waals surface area contributed by atoms with Gasteiger partial charge < -0.3 is 9.73 Å². The number of furan rings is 1. The zero-order valence-corrected chi connectivity index (χ0v) is 12.4. The van der Waals surface area contributed by atoms with Crippen LogP contribution in [-0.4, -0.2) is 23.9 Å². The third-order valence-corrected chi connectivity index (χ3v) is 3.39. The van der Waals surface area contributed by atoms with E-state index in [9.17, 15) is 10.1 Å². The molecule has 0 aliphatic carbocycles. The van der Waals surface area contributed by atoms with E-state index in [0.29, 0.717) is 12.2 Å². The van der Waals surface area contributed by atoms with E-state index in [-0.39, 0.29) is 10.6 Å². The first-order chi connectivity index (χ1) is 10.0. The van der Waals surface area contributed by atoms with Crippen molar-refractivity contribution < 1.29 is 9.34 Å². The van der Waals surface area contributed by atoms with Crippen molar-refractivity contribution in [1.29, 1.82) is 0 Å². The van der Waals surface area contributed by atoms with Crippen molar-refractivity contribution in [1.82, 2.24) is 4.90 Å². The van der Waals surface area contributed by atoms with Crippen LogP contribution in [0.2, 0.25) is 0 Å². The molecule has 0 spiro atoms. The molecule has 2 rings (SSSR count). The summed E-state index contributed by atoms with van der Waals surface area (Å²) < 4.78 is 5.27. The molecule has 21 heavy (non-hydrogen) atoms. The van der Waals surface area contributed by atoms with Crippen molar-refractivity contribution in [3.8, 4) is 0 Å². The molecule has 0 aliphatic heterocycles. The predicted molar refractivity (Wildman–Crippen MR) is 81.3 cm³/mol. The topological polar surface area (TPSA) is 71.5 Å². The number of nitrogens with zero attached hydrogens (tertiary/aromatic N) is 2. The third-order valence-electron chi connectivity index (χ3n) is 3.39. The number of anilines is 1. The van der Waals surface area contributed by atoms with Crippen LogP contribution in [0.4, 0.5) is 11.4 Å². The largest absolute Gasteiger partial charge is 0.469 e. The fourth-order valence-corrected chi connectivity index (χ4v) is 2.27. The Morgan fingerprint density at radius 2 is 2.10 bits per heavy atom. The van der Waals surface area contributed by atoms with E-state index in [2.05, 4.69) is 10.2 Å². The van der Waals surface area contributed by atoms with Crippen LogP contribution >= 0.6 is 0 Å². The van der Waals surface area contributed by atoms with Gasteiger partial charge in [0.2, 0.25) is 0 Å². The number of hydrogen-bond acceptors (Lipinski definition) is 5. The van der Waals surface area contributed by atoms with Crippen molar-refractivity contribution in [3.05, 3.63) is 57.5 Å². The molecule has 0 saturated carbocycles. The van der Waals surface area contributed by atoms with Crippen molar-refractivity contribution >= 4 is 11.4 Å². The Bertz CT molecular complexity index is 637. The number of benzene rings is 1. The smallest absolute Gasteiger partial charge is 0.292 e. The first-order valence-corrected chi connectivity index (χ1v) is 6.68. The van der Waals surface area contributed by atoms with Gasteiger partial charge in [-0.15, -0.1) is 0 Å². The number of nitro groups is 1. The van der Waals surface area contributed by atoms with Gasteiger partial charge in [-0.05, 0) is 31.7 Å². The summed E-state index contributed by atoms with van der Waals surface area (Å²) in [6.07, 6.45) is 1.67. The first kappa shape index (κ1) is 15.1. The van der Waals surface area contributed by atoms with Crippen molar-refractivity contribution in [2.24, 2.45) is 0 Å². The average Bonchev–Trinajstić information content (AvgIpc) is 2.84. The maximum atomic E-state index is 11.1. The van der Waals surface area contributed by atoms with Gasteiger partial charge in [0.1, 0.15) is 11.4 Å². The number of hydrogen-bond donors (Lipinski definition) is 1. The summed E-state index contributed by atoms with van der Waals surface area (Å²) in [5, 5.41) is 13.9. The summed E-state index contributed by atoms with van der Waals surface area (Å²) in [6.45, 7) is 3.30. The molecule has 0 atom stereocenters. The minimum absolute atomic E-state index is 0.0999. The second-order valence-electron chi connectivity index (χ2n) is 5.03. The molecular formula is C15H19N3O3. The molecule has 2 aromatic rings. The number of rotatable bonds is 6. The van der Waals surface area contributed by atoms with Crippen LogP contribution in [0.3, 0.4) is 0 Å². The molecule has 0 fully saturated rings. The molecular weight excluding hydrogens is 270 g/mol. The Balaban J connectivity index is 2.10. The predicted octanol–water partition coefficient (Wildman–Crippen LogP) is 3.17. The fourth-order valence-electron chi connectivity index (χ4n) is 2.27.